The van der Waals surface area contributed by atoms with Gasteiger partial charge in [0.25, 0.3) is 5.91 Å². The molecule has 0 fully saturated rings. The van der Waals surface area contributed by atoms with Gasteiger partial charge in [0.05, 0.1) is 5.69 Å². The van der Waals surface area contributed by atoms with Crippen molar-refractivity contribution >= 4 is 34.2 Å². The highest BCUT2D eigenvalue weighted by Gasteiger charge is 2.31. The van der Waals surface area contributed by atoms with Crippen LogP contribution in [0.25, 0.3) is 10.8 Å². The number of carbonyl (C=O) groups is 3. The van der Waals surface area contributed by atoms with Gasteiger partial charge in [-0.25, -0.2) is 4.39 Å². The molecule has 1 heterocycles. The van der Waals surface area contributed by atoms with Crippen molar-refractivity contribution < 1.29 is 18.8 Å². The van der Waals surface area contributed by atoms with E-state index in [1.807, 2.05) is 43.3 Å². The van der Waals surface area contributed by atoms with E-state index in [0.29, 0.717) is 24.9 Å². The molecule has 1 atom stereocenters. The number of hydrogen-bond donors (Lipinski definition) is 1. The highest BCUT2D eigenvalue weighted by atomic mass is 19.1. The number of halogens is 1. The third-order valence-electron chi connectivity index (χ3n) is 6.32. The molecule has 3 amide bonds. The van der Waals surface area contributed by atoms with E-state index >= 15 is 0 Å². The third kappa shape index (κ3) is 4.51. The average molecular weight is 462 g/mol. The average Bonchev–Trinajstić information content (AvgIpc) is 3.13. The number of hydrogen-bond acceptors (Lipinski definition) is 3. The van der Waals surface area contributed by atoms with E-state index in [9.17, 15) is 18.8 Å². The maximum Gasteiger partial charge on any atom is 0.258 e. The molecule has 0 saturated heterocycles. The number of amides is 3. The van der Waals surface area contributed by atoms with Gasteiger partial charge >= 0.3 is 0 Å². The van der Waals surface area contributed by atoms with E-state index in [4.69, 9.17) is 0 Å². The van der Waals surface area contributed by atoms with Crippen molar-refractivity contribution in [2.45, 2.75) is 38.8 Å². The minimum atomic E-state index is -0.631. The van der Waals surface area contributed by atoms with Crippen LogP contribution in [0.1, 0.15) is 42.1 Å². The minimum Gasteiger partial charge on any atom is -0.357 e. The van der Waals surface area contributed by atoms with Gasteiger partial charge < -0.3 is 15.1 Å². The summed E-state index contributed by atoms with van der Waals surface area (Å²) in [5.41, 5.74) is 2.29. The standard InChI is InChI=1S/C27H28FN3O3/c1-3-22(26(33)29-2)31(17-18-12-14-20(28)15-13-18)24(32)11-6-16-30-23-10-5-8-19-7-4-9-21(25(19)23)27(30)34/h4-5,7-10,12-15,22H,3,6,11,16-17H2,1-2H3,(H,29,33). The molecule has 3 aromatic carbocycles. The summed E-state index contributed by atoms with van der Waals surface area (Å²) >= 11 is 0. The molecule has 0 bridgehead atoms. The van der Waals surface area contributed by atoms with Crippen LogP contribution in [-0.2, 0) is 16.1 Å². The van der Waals surface area contributed by atoms with Gasteiger partial charge in [-0.3, -0.25) is 14.4 Å². The van der Waals surface area contributed by atoms with Crippen molar-refractivity contribution in [3.63, 3.8) is 0 Å². The summed E-state index contributed by atoms with van der Waals surface area (Å²) in [7, 11) is 1.54. The van der Waals surface area contributed by atoms with Crippen molar-refractivity contribution in [2.75, 3.05) is 18.5 Å². The molecule has 176 valence electrons. The summed E-state index contributed by atoms with van der Waals surface area (Å²) in [5.74, 6) is -0.831. The predicted molar refractivity (Wildman–Crippen MR) is 130 cm³/mol. The van der Waals surface area contributed by atoms with Crippen molar-refractivity contribution in [1.29, 1.82) is 0 Å². The van der Waals surface area contributed by atoms with Gasteiger partial charge in [0, 0.05) is 37.5 Å². The van der Waals surface area contributed by atoms with Crippen molar-refractivity contribution in [3.05, 3.63) is 77.6 Å². The summed E-state index contributed by atoms with van der Waals surface area (Å²) in [6.07, 6.45) is 1.10. The summed E-state index contributed by atoms with van der Waals surface area (Å²) < 4.78 is 13.3. The second-order valence-corrected chi connectivity index (χ2v) is 8.43. The number of carbonyl (C=O) groups excluding carboxylic acids is 3. The third-order valence-corrected chi connectivity index (χ3v) is 6.32. The fourth-order valence-corrected chi connectivity index (χ4v) is 4.61. The van der Waals surface area contributed by atoms with Crippen LogP contribution in [0.4, 0.5) is 10.1 Å². The highest BCUT2D eigenvalue weighted by molar-refractivity contribution is 6.25. The smallest absolute Gasteiger partial charge is 0.258 e. The van der Waals surface area contributed by atoms with Crippen molar-refractivity contribution in [2.24, 2.45) is 0 Å². The summed E-state index contributed by atoms with van der Waals surface area (Å²) in [4.78, 5) is 42.0. The summed E-state index contributed by atoms with van der Waals surface area (Å²) in [6.45, 7) is 2.46. The molecule has 34 heavy (non-hydrogen) atoms. The number of likely N-dealkylation sites (N-methyl/N-ethyl adjacent to an activating group) is 1. The molecule has 1 N–H and O–H groups in total. The number of nitrogens with one attached hydrogen (secondary N) is 1. The van der Waals surface area contributed by atoms with Gasteiger partial charge in [-0.1, -0.05) is 43.3 Å². The number of rotatable bonds is 9. The second-order valence-electron chi connectivity index (χ2n) is 8.43. The van der Waals surface area contributed by atoms with Gasteiger partial charge in [0.15, 0.2) is 0 Å². The van der Waals surface area contributed by atoms with Crippen LogP contribution in [0.5, 0.6) is 0 Å². The molecule has 1 unspecified atom stereocenters. The largest absolute Gasteiger partial charge is 0.357 e. The molecular formula is C27H28FN3O3. The monoisotopic (exact) mass is 461 g/mol. The fourth-order valence-electron chi connectivity index (χ4n) is 4.61. The van der Waals surface area contributed by atoms with E-state index in [1.165, 1.54) is 12.1 Å². The Hall–Kier alpha value is -3.74. The van der Waals surface area contributed by atoms with Crippen LogP contribution >= 0.6 is 0 Å². The molecule has 1 aliphatic heterocycles. The molecule has 6 nitrogen and oxygen atoms in total. The van der Waals surface area contributed by atoms with Crippen LogP contribution < -0.4 is 10.2 Å². The molecule has 0 spiro atoms. The molecular weight excluding hydrogens is 433 g/mol. The van der Waals surface area contributed by atoms with Crippen LogP contribution in [0.2, 0.25) is 0 Å². The van der Waals surface area contributed by atoms with Gasteiger partial charge in [0.1, 0.15) is 11.9 Å². The zero-order valence-electron chi connectivity index (χ0n) is 19.4. The first-order valence-corrected chi connectivity index (χ1v) is 11.5. The lowest BCUT2D eigenvalue weighted by Gasteiger charge is -2.30. The minimum absolute atomic E-state index is 0.0563. The fraction of sp³-hybridized carbons (Fsp3) is 0.296. The molecule has 4 rings (SSSR count). The Bertz CT molecular complexity index is 1220. The summed E-state index contributed by atoms with van der Waals surface area (Å²) in [5, 5.41) is 4.59. The lowest BCUT2D eigenvalue weighted by molar-refractivity contribution is -0.141. The van der Waals surface area contributed by atoms with Crippen LogP contribution in [0, 0.1) is 5.82 Å². The molecule has 0 saturated carbocycles. The van der Waals surface area contributed by atoms with Crippen LogP contribution in [-0.4, -0.2) is 42.3 Å². The maximum atomic E-state index is 13.3. The topological polar surface area (TPSA) is 69.7 Å². The highest BCUT2D eigenvalue weighted by Crippen LogP contribution is 2.37. The Balaban J connectivity index is 1.47. The SMILES string of the molecule is CCC(C(=O)NC)N(Cc1ccc(F)cc1)C(=O)CCCN1C(=O)c2cccc3cccc1c23. The van der Waals surface area contributed by atoms with E-state index in [-0.39, 0.29) is 36.5 Å². The van der Waals surface area contributed by atoms with Crippen molar-refractivity contribution in [1.82, 2.24) is 10.2 Å². The Labute approximate surface area is 198 Å². The van der Waals surface area contributed by atoms with E-state index in [2.05, 4.69) is 5.32 Å². The van der Waals surface area contributed by atoms with Gasteiger partial charge in [-0.15, -0.1) is 0 Å². The molecule has 0 radical (unpaired) electrons. The van der Waals surface area contributed by atoms with Gasteiger partial charge in [0.2, 0.25) is 11.8 Å². The predicted octanol–water partition coefficient (Wildman–Crippen LogP) is 4.27. The summed E-state index contributed by atoms with van der Waals surface area (Å²) in [6, 6.07) is 16.8. The molecule has 3 aromatic rings. The van der Waals surface area contributed by atoms with Crippen molar-refractivity contribution in [3.8, 4) is 0 Å². The second kappa shape index (κ2) is 10.0. The van der Waals surface area contributed by atoms with Gasteiger partial charge in [-0.2, -0.15) is 0 Å². The van der Waals surface area contributed by atoms with Crippen LogP contribution in [0.15, 0.2) is 60.7 Å². The van der Waals surface area contributed by atoms with Crippen LogP contribution in [0.3, 0.4) is 0 Å². The molecule has 0 aliphatic carbocycles. The van der Waals surface area contributed by atoms with Gasteiger partial charge in [-0.05, 0) is 48.1 Å². The zero-order valence-corrected chi connectivity index (χ0v) is 19.4. The van der Waals surface area contributed by atoms with E-state index < -0.39 is 6.04 Å². The lowest BCUT2D eigenvalue weighted by atomic mass is 10.1. The zero-order chi connectivity index (χ0) is 24.2. The number of anilines is 1. The first kappa shape index (κ1) is 23.4. The molecule has 1 aliphatic rings. The Kier molecular flexibility index (Phi) is 6.91. The maximum absolute atomic E-state index is 13.3. The quantitative estimate of drug-likeness (QED) is 0.517. The van der Waals surface area contributed by atoms with E-state index in [1.54, 1.807) is 29.0 Å². The Morgan fingerprint density at radius 1 is 1.06 bits per heavy atom. The van der Waals surface area contributed by atoms with E-state index in [0.717, 1.165) is 22.0 Å². The number of benzene rings is 3. The number of nitrogens with zero attached hydrogens (tertiary/aromatic N) is 2. The molecule has 0 aromatic heterocycles. The first-order chi connectivity index (χ1) is 16.4. The Morgan fingerprint density at radius 3 is 2.44 bits per heavy atom. The normalized spacial score (nSPS) is 13.3. The molecule has 7 heteroatoms. The Morgan fingerprint density at radius 2 is 1.76 bits per heavy atom. The first-order valence-electron chi connectivity index (χ1n) is 11.5. The lowest BCUT2D eigenvalue weighted by Crippen LogP contribution is -2.48.